The van der Waals surface area contributed by atoms with E-state index in [9.17, 15) is 0 Å². The number of nitrogens with two attached hydrogens (primary N) is 1. The standard InChI is InChI=1S/C9H10IN5/c1-6(11)9-13-5-14-15(9)8-3-2-7(10)4-12-8/h2-6H,11H2,1H3/t6-/m0/s1. The first-order valence-corrected chi connectivity index (χ1v) is 5.54. The molecule has 0 aliphatic carbocycles. The summed E-state index contributed by atoms with van der Waals surface area (Å²) in [7, 11) is 0. The number of hydrogen-bond acceptors (Lipinski definition) is 4. The Bertz CT molecular complexity index is 448. The molecular formula is C9H10IN5. The maximum atomic E-state index is 5.77. The minimum absolute atomic E-state index is 0.159. The van der Waals surface area contributed by atoms with Crippen molar-refractivity contribution < 1.29 is 0 Å². The fraction of sp³-hybridized carbons (Fsp3) is 0.222. The van der Waals surface area contributed by atoms with Gasteiger partial charge in [-0.05, 0) is 41.6 Å². The Morgan fingerprint density at radius 3 is 2.80 bits per heavy atom. The highest BCUT2D eigenvalue weighted by Crippen LogP contribution is 2.11. The highest BCUT2D eigenvalue weighted by Gasteiger charge is 2.10. The molecule has 78 valence electrons. The van der Waals surface area contributed by atoms with Crippen LogP contribution in [0.2, 0.25) is 0 Å². The molecule has 5 nitrogen and oxygen atoms in total. The lowest BCUT2D eigenvalue weighted by atomic mass is 10.3. The lowest BCUT2D eigenvalue weighted by molar-refractivity contribution is 0.681. The summed E-state index contributed by atoms with van der Waals surface area (Å²) in [5, 5.41) is 4.10. The lowest BCUT2D eigenvalue weighted by Gasteiger charge is -2.07. The molecule has 0 aliphatic heterocycles. The van der Waals surface area contributed by atoms with E-state index in [2.05, 4.69) is 37.7 Å². The van der Waals surface area contributed by atoms with E-state index in [4.69, 9.17) is 5.73 Å². The Labute approximate surface area is 101 Å². The molecule has 0 spiro atoms. The van der Waals surface area contributed by atoms with Crippen molar-refractivity contribution in [3.63, 3.8) is 0 Å². The summed E-state index contributed by atoms with van der Waals surface area (Å²) in [5.41, 5.74) is 5.77. The Morgan fingerprint density at radius 1 is 1.40 bits per heavy atom. The van der Waals surface area contributed by atoms with Gasteiger partial charge in [0.25, 0.3) is 0 Å². The summed E-state index contributed by atoms with van der Waals surface area (Å²) in [4.78, 5) is 8.36. The van der Waals surface area contributed by atoms with E-state index in [1.807, 2.05) is 19.1 Å². The molecule has 0 fully saturated rings. The second kappa shape index (κ2) is 4.23. The number of rotatable bonds is 2. The highest BCUT2D eigenvalue weighted by molar-refractivity contribution is 14.1. The molecule has 1 atom stereocenters. The Morgan fingerprint density at radius 2 is 2.20 bits per heavy atom. The van der Waals surface area contributed by atoms with Gasteiger partial charge in [-0.2, -0.15) is 9.78 Å². The van der Waals surface area contributed by atoms with Gasteiger partial charge in [-0.3, -0.25) is 0 Å². The zero-order chi connectivity index (χ0) is 10.8. The van der Waals surface area contributed by atoms with Crippen molar-refractivity contribution in [3.05, 3.63) is 34.1 Å². The van der Waals surface area contributed by atoms with Gasteiger partial charge in [-0.1, -0.05) is 0 Å². The molecule has 2 rings (SSSR count). The van der Waals surface area contributed by atoms with Crippen LogP contribution in [0, 0.1) is 3.57 Å². The van der Waals surface area contributed by atoms with Crippen molar-refractivity contribution in [2.24, 2.45) is 5.73 Å². The van der Waals surface area contributed by atoms with Crippen LogP contribution in [0.4, 0.5) is 0 Å². The van der Waals surface area contributed by atoms with Crippen molar-refractivity contribution in [3.8, 4) is 5.82 Å². The maximum Gasteiger partial charge on any atom is 0.155 e. The number of hydrogen-bond donors (Lipinski definition) is 1. The van der Waals surface area contributed by atoms with E-state index in [0.717, 1.165) is 9.39 Å². The average molecular weight is 315 g/mol. The topological polar surface area (TPSA) is 69.6 Å². The summed E-state index contributed by atoms with van der Waals surface area (Å²) in [6, 6.07) is 3.70. The molecule has 15 heavy (non-hydrogen) atoms. The molecule has 0 bridgehead atoms. The van der Waals surface area contributed by atoms with Gasteiger partial charge in [0, 0.05) is 9.77 Å². The fourth-order valence-corrected chi connectivity index (χ4v) is 1.55. The summed E-state index contributed by atoms with van der Waals surface area (Å²) < 4.78 is 2.74. The number of nitrogens with zero attached hydrogens (tertiary/aromatic N) is 4. The predicted molar refractivity (Wildman–Crippen MR) is 64.5 cm³/mol. The van der Waals surface area contributed by atoms with Gasteiger partial charge in [0.1, 0.15) is 6.33 Å². The third-order valence-corrected chi connectivity index (χ3v) is 2.55. The Kier molecular flexibility index (Phi) is 2.96. The summed E-state index contributed by atoms with van der Waals surface area (Å²) >= 11 is 2.20. The summed E-state index contributed by atoms with van der Waals surface area (Å²) in [6.45, 7) is 1.87. The smallest absolute Gasteiger partial charge is 0.155 e. The molecule has 0 aromatic carbocycles. The van der Waals surface area contributed by atoms with Crippen LogP contribution in [0.15, 0.2) is 24.7 Å². The van der Waals surface area contributed by atoms with E-state index in [0.29, 0.717) is 5.82 Å². The first-order chi connectivity index (χ1) is 7.18. The second-order valence-electron chi connectivity index (χ2n) is 3.15. The van der Waals surface area contributed by atoms with E-state index in [1.165, 1.54) is 6.33 Å². The molecule has 0 amide bonds. The Hall–Kier alpha value is -1.02. The van der Waals surface area contributed by atoms with Crippen molar-refractivity contribution >= 4 is 22.6 Å². The van der Waals surface area contributed by atoms with Crippen molar-refractivity contribution in [2.75, 3.05) is 0 Å². The predicted octanol–water partition coefficient (Wildman–Crippen LogP) is 1.29. The van der Waals surface area contributed by atoms with Crippen molar-refractivity contribution in [1.82, 2.24) is 19.7 Å². The van der Waals surface area contributed by atoms with E-state index in [1.54, 1.807) is 10.9 Å². The number of pyridine rings is 1. The summed E-state index contributed by atoms with van der Waals surface area (Å²) in [5.74, 6) is 1.45. The van der Waals surface area contributed by atoms with Crippen molar-refractivity contribution in [1.29, 1.82) is 0 Å². The van der Waals surface area contributed by atoms with E-state index < -0.39 is 0 Å². The minimum atomic E-state index is -0.159. The number of aromatic nitrogens is 4. The first-order valence-electron chi connectivity index (χ1n) is 4.46. The summed E-state index contributed by atoms with van der Waals surface area (Å²) in [6.07, 6.45) is 3.26. The average Bonchev–Trinajstić information content (AvgIpc) is 2.67. The van der Waals surface area contributed by atoms with Crippen LogP contribution in [0.3, 0.4) is 0 Å². The van der Waals surface area contributed by atoms with Crippen LogP contribution in [-0.4, -0.2) is 19.7 Å². The Balaban J connectivity index is 2.45. The largest absolute Gasteiger partial charge is 0.322 e. The molecule has 0 radical (unpaired) electrons. The van der Waals surface area contributed by atoms with Gasteiger partial charge >= 0.3 is 0 Å². The molecule has 2 heterocycles. The molecule has 2 aromatic rings. The van der Waals surface area contributed by atoms with Crippen LogP contribution in [-0.2, 0) is 0 Å². The molecule has 0 saturated carbocycles. The molecular weight excluding hydrogens is 305 g/mol. The quantitative estimate of drug-likeness (QED) is 0.848. The van der Waals surface area contributed by atoms with Gasteiger partial charge in [0.05, 0.1) is 6.04 Å². The zero-order valence-corrected chi connectivity index (χ0v) is 10.3. The molecule has 0 aliphatic rings. The zero-order valence-electron chi connectivity index (χ0n) is 8.13. The molecule has 2 N–H and O–H groups in total. The monoisotopic (exact) mass is 315 g/mol. The van der Waals surface area contributed by atoms with Gasteiger partial charge < -0.3 is 5.73 Å². The van der Waals surface area contributed by atoms with Crippen molar-refractivity contribution in [2.45, 2.75) is 13.0 Å². The third kappa shape index (κ3) is 2.15. The van der Waals surface area contributed by atoms with E-state index >= 15 is 0 Å². The minimum Gasteiger partial charge on any atom is -0.322 e. The fourth-order valence-electron chi connectivity index (χ4n) is 1.23. The maximum absolute atomic E-state index is 5.77. The van der Waals surface area contributed by atoms with Gasteiger partial charge in [0.2, 0.25) is 0 Å². The van der Waals surface area contributed by atoms with Crippen LogP contribution < -0.4 is 5.73 Å². The van der Waals surface area contributed by atoms with Crippen LogP contribution in [0.1, 0.15) is 18.8 Å². The number of halogens is 1. The normalized spacial score (nSPS) is 12.7. The van der Waals surface area contributed by atoms with Crippen LogP contribution >= 0.6 is 22.6 Å². The lowest BCUT2D eigenvalue weighted by Crippen LogP contribution is -2.14. The van der Waals surface area contributed by atoms with E-state index in [-0.39, 0.29) is 6.04 Å². The highest BCUT2D eigenvalue weighted by atomic mass is 127. The SMILES string of the molecule is C[C@H](N)c1ncnn1-c1ccc(I)cn1. The second-order valence-corrected chi connectivity index (χ2v) is 4.40. The van der Waals surface area contributed by atoms with Crippen LogP contribution in [0.25, 0.3) is 5.82 Å². The van der Waals surface area contributed by atoms with Crippen LogP contribution in [0.5, 0.6) is 0 Å². The molecule has 2 aromatic heterocycles. The molecule has 0 saturated heterocycles. The van der Waals surface area contributed by atoms with Gasteiger partial charge in [-0.25, -0.2) is 9.97 Å². The molecule has 0 unspecified atom stereocenters. The third-order valence-electron chi connectivity index (χ3n) is 1.91. The molecule has 6 heteroatoms. The van der Waals surface area contributed by atoms with Gasteiger partial charge in [0.15, 0.2) is 11.6 Å². The van der Waals surface area contributed by atoms with Gasteiger partial charge in [-0.15, -0.1) is 0 Å². The first kappa shape index (κ1) is 10.5.